The van der Waals surface area contributed by atoms with Gasteiger partial charge < -0.3 is 10.5 Å². The van der Waals surface area contributed by atoms with Crippen LogP contribution in [0.15, 0.2) is 12.7 Å². The highest BCUT2D eigenvalue weighted by Gasteiger charge is 2.51. The van der Waals surface area contributed by atoms with Crippen LogP contribution in [-0.2, 0) is 14.8 Å². The topological polar surface area (TPSA) is 81.4 Å². The summed E-state index contributed by atoms with van der Waals surface area (Å²) in [6, 6.07) is -0.389. The summed E-state index contributed by atoms with van der Waals surface area (Å²) < 4.78 is 31.3. The van der Waals surface area contributed by atoms with E-state index in [-0.39, 0.29) is 23.9 Å². The van der Waals surface area contributed by atoms with E-state index in [4.69, 9.17) is 10.5 Å². The van der Waals surface area contributed by atoms with Crippen LogP contribution in [0.4, 0.5) is 0 Å². The fraction of sp³-hybridized carbons (Fsp3) is 0.800. The summed E-state index contributed by atoms with van der Waals surface area (Å²) >= 11 is 0. The molecule has 5 nitrogen and oxygen atoms in total. The van der Waals surface area contributed by atoms with Crippen LogP contribution in [0.3, 0.4) is 0 Å². The average Bonchev–Trinajstić information content (AvgIpc) is 2.26. The molecule has 0 amide bonds. The fourth-order valence-electron chi connectivity index (χ4n) is 2.50. The third-order valence-corrected chi connectivity index (χ3v) is 4.64. The Balaban J connectivity index is 1.98. The highest BCUT2D eigenvalue weighted by molar-refractivity contribution is 7.89. The molecule has 0 bridgehead atoms. The summed E-state index contributed by atoms with van der Waals surface area (Å²) in [4.78, 5) is 0. The fourth-order valence-corrected chi connectivity index (χ4v) is 3.62. The maximum atomic E-state index is 11.6. The van der Waals surface area contributed by atoms with Crippen LogP contribution in [-0.4, -0.2) is 39.0 Å². The number of hydrogen-bond acceptors (Lipinski definition) is 4. The lowest BCUT2D eigenvalue weighted by atomic mass is 9.69. The number of fused-ring (bicyclic) bond motifs is 1. The van der Waals surface area contributed by atoms with Gasteiger partial charge in [-0.15, -0.1) is 6.58 Å². The minimum Gasteiger partial charge on any atom is -0.376 e. The van der Waals surface area contributed by atoms with Crippen molar-refractivity contribution < 1.29 is 13.2 Å². The summed E-state index contributed by atoms with van der Waals surface area (Å²) in [6.07, 6.45) is 3.38. The smallest absolute Gasteiger partial charge is 0.215 e. The van der Waals surface area contributed by atoms with Crippen LogP contribution in [0, 0.1) is 5.92 Å². The van der Waals surface area contributed by atoms with E-state index in [1.807, 2.05) is 0 Å². The quantitative estimate of drug-likeness (QED) is 0.661. The van der Waals surface area contributed by atoms with Gasteiger partial charge in [0.1, 0.15) is 0 Å². The Hall–Kier alpha value is -0.430. The molecule has 4 atom stereocenters. The van der Waals surface area contributed by atoms with Gasteiger partial charge in [0.15, 0.2) is 0 Å². The lowest BCUT2D eigenvalue weighted by Crippen LogP contribution is -2.72. The summed E-state index contributed by atoms with van der Waals surface area (Å²) in [5, 5.41) is 0. The predicted molar refractivity (Wildman–Crippen MR) is 61.3 cm³/mol. The van der Waals surface area contributed by atoms with Crippen molar-refractivity contribution >= 4 is 10.0 Å². The van der Waals surface area contributed by atoms with E-state index in [0.717, 1.165) is 12.8 Å². The molecule has 16 heavy (non-hydrogen) atoms. The highest BCUT2D eigenvalue weighted by Crippen LogP contribution is 2.37. The number of sulfonamides is 1. The maximum absolute atomic E-state index is 11.6. The van der Waals surface area contributed by atoms with E-state index < -0.39 is 10.0 Å². The molecular formula is C10H18N2O3S. The van der Waals surface area contributed by atoms with Crippen molar-refractivity contribution in [3.63, 3.8) is 0 Å². The first kappa shape index (κ1) is 12.0. The van der Waals surface area contributed by atoms with Crippen molar-refractivity contribution in [3.05, 3.63) is 12.7 Å². The summed E-state index contributed by atoms with van der Waals surface area (Å²) in [6.45, 7) is 4.12. The van der Waals surface area contributed by atoms with Gasteiger partial charge in [-0.1, -0.05) is 6.08 Å². The van der Waals surface area contributed by atoms with Crippen molar-refractivity contribution in [3.8, 4) is 0 Å². The van der Waals surface area contributed by atoms with Crippen molar-refractivity contribution in [1.29, 1.82) is 0 Å². The molecule has 6 heteroatoms. The largest absolute Gasteiger partial charge is 0.376 e. The molecule has 0 aromatic rings. The lowest BCUT2D eigenvalue weighted by molar-refractivity contribution is -0.114. The number of nitrogens with one attached hydrogen (secondary N) is 1. The summed E-state index contributed by atoms with van der Waals surface area (Å²) in [5.41, 5.74) is 5.95. The van der Waals surface area contributed by atoms with Gasteiger partial charge in [-0.3, -0.25) is 0 Å². The van der Waals surface area contributed by atoms with E-state index in [9.17, 15) is 8.42 Å². The van der Waals surface area contributed by atoms with E-state index in [2.05, 4.69) is 11.3 Å². The van der Waals surface area contributed by atoms with E-state index in [0.29, 0.717) is 12.5 Å². The van der Waals surface area contributed by atoms with Crippen molar-refractivity contribution in [2.45, 2.75) is 31.0 Å². The molecule has 1 aliphatic heterocycles. The number of hydrogen-bond donors (Lipinski definition) is 2. The minimum atomic E-state index is -3.30. The predicted octanol–water partition coefficient (Wildman–Crippen LogP) is -0.403. The molecule has 2 rings (SSSR count). The second kappa shape index (κ2) is 4.44. The van der Waals surface area contributed by atoms with Gasteiger partial charge in [-0.2, -0.15) is 0 Å². The Kier molecular flexibility index (Phi) is 3.34. The van der Waals surface area contributed by atoms with Gasteiger partial charge >= 0.3 is 0 Å². The minimum absolute atomic E-state index is 0.0386. The normalized spacial score (nSPS) is 38.6. The van der Waals surface area contributed by atoms with Crippen LogP contribution in [0.25, 0.3) is 0 Å². The molecule has 1 saturated carbocycles. The number of nitrogens with two attached hydrogens (primary N) is 1. The molecule has 1 saturated heterocycles. The van der Waals surface area contributed by atoms with Crippen LogP contribution in [0.1, 0.15) is 12.8 Å². The van der Waals surface area contributed by atoms with Crippen LogP contribution in [0.2, 0.25) is 0 Å². The van der Waals surface area contributed by atoms with Crippen LogP contribution < -0.4 is 10.5 Å². The maximum Gasteiger partial charge on any atom is 0.215 e. The third-order valence-electron chi connectivity index (χ3n) is 3.33. The SMILES string of the molecule is C=CCS(=O)(=O)NC1C(N)C2CCCOC21. The summed E-state index contributed by atoms with van der Waals surface area (Å²) in [7, 11) is -3.30. The van der Waals surface area contributed by atoms with Crippen molar-refractivity contribution in [1.82, 2.24) is 4.72 Å². The Bertz CT molecular complexity index is 368. The van der Waals surface area contributed by atoms with E-state index in [1.54, 1.807) is 0 Å². The van der Waals surface area contributed by atoms with E-state index in [1.165, 1.54) is 6.08 Å². The molecule has 2 aliphatic rings. The molecule has 1 heterocycles. The molecule has 0 spiro atoms. The Morgan fingerprint density at radius 3 is 3.00 bits per heavy atom. The van der Waals surface area contributed by atoms with Crippen molar-refractivity contribution in [2.75, 3.05) is 12.4 Å². The first-order valence-corrected chi connectivity index (χ1v) is 7.18. The Labute approximate surface area is 96.1 Å². The third kappa shape index (κ3) is 2.15. The Morgan fingerprint density at radius 2 is 2.31 bits per heavy atom. The number of rotatable bonds is 4. The second-order valence-electron chi connectivity index (χ2n) is 4.43. The number of ether oxygens (including phenoxy) is 1. The van der Waals surface area contributed by atoms with Crippen molar-refractivity contribution in [2.24, 2.45) is 11.7 Å². The monoisotopic (exact) mass is 246 g/mol. The standard InChI is InChI=1S/C10H18N2O3S/c1-2-6-16(13,14)12-9-8(11)7-4-3-5-15-10(7)9/h2,7-10,12H,1,3-6,11H2. The van der Waals surface area contributed by atoms with E-state index >= 15 is 0 Å². The van der Waals surface area contributed by atoms with Gasteiger partial charge in [0.25, 0.3) is 0 Å². The van der Waals surface area contributed by atoms with Gasteiger partial charge in [-0.25, -0.2) is 13.1 Å². The first-order valence-electron chi connectivity index (χ1n) is 5.53. The second-order valence-corrected chi connectivity index (χ2v) is 6.23. The van der Waals surface area contributed by atoms with Crippen LogP contribution in [0.5, 0.6) is 0 Å². The molecular weight excluding hydrogens is 228 g/mol. The zero-order chi connectivity index (χ0) is 11.8. The molecule has 2 fully saturated rings. The molecule has 0 aromatic heterocycles. The zero-order valence-corrected chi connectivity index (χ0v) is 9.95. The highest BCUT2D eigenvalue weighted by atomic mass is 32.2. The first-order chi connectivity index (χ1) is 7.55. The molecule has 0 aromatic carbocycles. The van der Waals surface area contributed by atoms with Gasteiger partial charge in [0.2, 0.25) is 10.0 Å². The lowest BCUT2D eigenvalue weighted by Gasteiger charge is -2.52. The zero-order valence-electron chi connectivity index (χ0n) is 9.13. The molecule has 3 N–H and O–H groups in total. The molecule has 0 radical (unpaired) electrons. The molecule has 4 unspecified atom stereocenters. The molecule has 92 valence electrons. The average molecular weight is 246 g/mol. The van der Waals surface area contributed by atoms with Gasteiger partial charge in [0.05, 0.1) is 17.9 Å². The Morgan fingerprint density at radius 1 is 1.56 bits per heavy atom. The summed E-state index contributed by atoms with van der Waals surface area (Å²) in [5.74, 6) is 0.235. The van der Waals surface area contributed by atoms with Gasteiger partial charge in [0, 0.05) is 18.6 Å². The molecule has 1 aliphatic carbocycles. The van der Waals surface area contributed by atoms with Crippen LogP contribution >= 0.6 is 0 Å². The van der Waals surface area contributed by atoms with Gasteiger partial charge in [-0.05, 0) is 12.8 Å².